The van der Waals surface area contributed by atoms with Crippen molar-refractivity contribution in [1.82, 2.24) is 10.3 Å². The van der Waals surface area contributed by atoms with Crippen LogP contribution in [0.4, 0.5) is 0 Å². The maximum Gasteiger partial charge on any atom is 0.251 e. The summed E-state index contributed by atoms with van der Waals surface area (Å²) in [4.78, 5) is 16.1. The number of ether oxygens (including phenoxy) is 1. The fraction of sp³-hybridized carbons (Fsp3) is 0.160. The fourth-order valence-electron chi connectivity index (χ4n) is 3.69. The fourth-order valence-corrected chi connectivity index (χ4v) is 3.96. The average Bonchev–Trinajstić information content (AvgIpc) is 3.20. The predicted octanol–water partition coefficient (Wildman–Crippen LogP) is 5.78. The number of aromatic nitrogens is 1. The third-order valence-corrected chi connectivity index (χ3v) is 5.52. The van der Waals surface area contributed by atoms with E-state index in [0.717, 1.165) is 27.8 Å². The molecule has 1 atom stereocenters. The SMILES string of the molecule is CCOc1ccc(C(=O)NC[C@@H](c2ccccc2Cl)c2c[nH]c3ccccc23)cc1. The van der Waals surface area contributed by atoms with E-state index < -0.39 is 0 Å². The highest BCUT2D eigenvalue weighted by atomic mass is 35.5. The second kappa shape index (κ2) is 9.06. The summed E-state index contributed by atoms with van der Waals surface area (Å²) >= 11 is 6.53. The van der Waals surface area contributed by atoms with Gasteiger partial charge < -0.3 is 15.0 Å². The zero-order valence-corrected chi connectivity index (χ0v) is 17.4. The Bertz CT molecular complexity index is 1150. The molecule has 5 heteroatoms. The topological polar surface area (TPSA) is 54.1 Å². The van der Waals surface area contributed by atoms with Gasteiger partial charge in [-0.3, -0.25) is 4.79 Å². The van der Waals surface area contributed by atoms with Gasteiger partial charge in [-0.05, 0) is 54.4 Å². The van der Waals surface area contributed by atoms with Crippen LogP contribution in [0.25, 0.3) is 10.9 Å². The zero-order valence-electron chi connectivity index (χ0n) is 16.7. The molecule has 0 aliphatic heterocycles. The van der Waals surface area contributed by atoms with E-state index in [1.165, 1.54) is 0 Å². The number of nitrogens with one attached hydrogen (secondary N) is 2. The summed E-state index contributed by atoms with van der Waals surface area (Å²) in [6.07, 6.45) is 2.00. The van der Waals surface area contributed by atoms with Gasteiger partial charge in [0.25, 0.3) is 5.91 Å². The Morgan fingerprint density at radius 3 is 2.50 bits per heavy atom. The third kappa shape index (κ3) is 4.19. The van der Waals surface area contributed by atoms with E-state index in [1.807, 2.05) is 67.7 Å². The molecular formula is C25H23ClN2O2. The summed E-state index contributed by atoms with van der Waals surface area (Å²) < 4.78 is 5.45. The lowest BCUT2D eigenvalue weighted by Gasteiger charge is -2.19. The van der Waals surface area contributed by atoms with Gasteiger partial charge in [0.05, 0.1) is 6.61 Å². The molecule has 0 aliphatic rings. The molecule has 4 nitrogen and oxygen atoms in total. The van der Waals surface area contributed by atoms with Crippen molar-refractivity contribution in [2.24, 2.45) is 0 Å². The van der Waals surface area contributed by atoms with E-state index in [-0.39, 0.29) is 11.8 Å². The molecule has 1 heterocycles. The number of para-hydroxylation sites is 1. The minimum Gasteiger partial charge on any atom is -0.494 e. The maximum absolute atomic E-state index is 12.8. The first-order chi connectivity index (χ1) is 14.7. The Morgan fingerprint density at radius 2 is 1.73 bits per heavy atom. The number of aromatic amines is 1. The average molecular weight is 419 g/mol. The van der Waals surface area contributed by atoms with Crippen LogP contribution in [-0.2, 0) is 0 Å². The molecule has 4 rings (SSSR count). The number of amides is 1. The molecule has 0 fully saturated rings. The summed E-state index contributed by atoms with van der Waals surface area (Å²) in [5.41, 5.74) is 3.74. The molecule has 4 aromatic rings. The Balaban J connectivity index is 1.61. The molecular weight excluding hydrogens is 396 g/mol. The summed E-state index contributed by atoms with van der Waals surface area (Å²) in [5, 5.41) is 4.88. The number of carbonyl (C=O) groups excluding carboxylic acids is 1. The molecule has 3 aromatic carbocycles. The molecule has 0 spiro atoms. The van der Waals surface area contributed by atoms with Crippen molar-refractivity contribution in [3.63, 3.8) is 0 Å². The number of benzene rings is 3. The summed E-state index contributed by atoms with van der Waals surface area (Å²) in [6, 6.07) is 23.1. The van der Waals surface area contributed by atoms with Gasteiger partial charge in [0.15, 0.2) is 0 Å². The first kappa shape index (κ1) is 20.0. The van der Waals surface area contributed by atoms with Gasteiger partial charge in [-0.1, -0.05) is 48.0 Å². The Kier molecular flexibility index (Phi) is 6.05. The predicted molar refractivity (Wildman–Crippen MR) is 122 cm³/mol. The van der Waals surface area contributed by atoms with E-state index in [9.17, 15) is 4.79 Å². The van der Waals surface area contributed by atoms with Gasteiger partial charge in [-0.15, -0.1) is 0 Å². The number of rotatable bonds is 7. The number of halogens is 1. The molecule has 2 N–H and O–H groups in total. The number of hydrogen-bond donors (Lipinski definition) is 2. The van der Waals surface area contributed by atoms with E-state index >= 15 is 0 Å². The monoisotopic (exact) mass is 418 g/mol. The molecule has 0 radical (unpaired) electrons. The molecule has 0 saturated carbocycles. The van der Waals surface area contributed by atoms with Gasteiger partial charge in [-0.25, -0.2) is 0 Å². The van der Waals surface area contributed by atoms with E-state index in [4.69, 9.17) is 16.3 Å². The van der Waals surface area contributed by atoms with Gasteiger partial charge in [0.1, 0.15) is 5.75 Å². The van der Waals surface area contributed by atoms with E-state index in [2.05, 4.69) is 16.4 Å². The van der Waals surface area contributed by atoms with Crippen molar-refractivity contribution in [1.29, 1.82) is 0 Å². The van der Waals surface area contributed by atoms with Gasteiger partial charge in [-0.2, -0.15) is 0 Å². The highest BCUT2D eigenvalue weighted by Crippen LogP contribution is 2.34. The van der Waals surface area contributed by atoms with Gasteiger partial charge in [0, 0.05) is 40.1 Å². The lowest BCUT2D eigenvalue weighted by molar-refractivity contribution is 0.0952. The summed E-state index contributed by atoms with van der Waals surface area (Å²) in [6.45, 7) is 2.95. The minimum atomic E-state index is -0.130. The molecule has 0 unspecified atom stereocenters. The Morgan fingerprint density at radius 1 is 1.00 bits per heavy atom. The van der Waals surface area contributed by atoms with Crippen molar-refractivity contribution in [2.75, 3.05) is 13.2 Å². The summed E-state index contributed by atoms with van der Waals surface area (Å²) in [5.74, 6) is 0.540. The lowest BCUT2D eigenvalue weighted by Crippen LogP contribution is -2.29. The molecule has 1 amide bonds. The largest absolute Gasteiger partial charge is 0.494 e. The normalized spacial score (nSPS) is 11.9. The standard InChI is InChI=1S/C25H23ClN2O2/c1-2-30-18-13-11-17(12-14-18)25(29)28-16-21(19-7-3-5-9-23(19)26)22-15-27-24-10-6-4-8-20(22)24/h3-15,21,27H,2,16H2,1H3,(H,28,29)/t21-/m0/s1. The van der Waals surface area contributed by atoms with Crippen LogP contribution in [0.3, 0.4) is 0 Å². The highest BCUT2D eigenvalue weighted by molar-refractivity contribution is 6.31. The smallest absolute Gasteiger partial charge is 0.251 e. The second-order valence-corrected chi connectivity index (χ2v) is 7.44. The Labute approximate surface area is 180 Å². The number of carbonyl (C=O) groups is 1. The van der Waals surface area contributed by atoms with Crippen LogP contribution in [-0.4, -0.2) is 24.0 Å². The third-order valence-electron chi connectivity index (χ3n) is 5.17. The van der Waals surface area contributed by atoms with E-state index in [0.29, 0.717) is 23.7 Å². The maximum atomic E-state index is 12.8. The van der Waals surface area contributed by atoms with Crippen molar-refractivity contribution in [3.8, 4) is 5.75 Å². The Hall–Kier alpha value is -3.24. The van der Waals surface area contributed by atoms with Gasteiger partial charge in [0.2, 0.25) is 0 Å². The summed E-state index contributed by atoms with van der Waals surface area (Å²) in [7, 11) is 0. The minimum absolute atomic E-state index is 0.0819. The molecule has 0 aliphatic carbocycles. The quantitative estimate of drug-likeness (QED) is 0.399. The first-order valence-corrected chi connectivity index (χ1v) is 10.4. The lowest BCUT2D eigenvalue weighted by atomic mass is 9.90. The second-order valence-electron chi connectivity index (χ2n) is 7.03. The van der Waals surface area contributed by atoms with Crippen LogP contribution in [0, 0.1) is 0 Å². The molecule has 0 saturated heterocycles. The molecule has 152 valence electrons. The van der Waals surface area contributed by atoms with Crippen molar-refractivity contribution in [3.05, 3.63) is 101 Å². The molecule has 1 aromatic heterocycles. The number of fused-ring (bicyclic) bond motifs is 1. The molecule has 30 heavy (non-hydrogen) atoms. The van der Waals surface area contributed by atoms with Crippen LogP contribution >= 0.6 is 11.6 Å². The number of H-pyrrole nitrogens is 1. The zero-order chi connectivity index (χ0) is 20.9. The van der Waals surface area contributed by atoms with Crippen LogP contribution in [0.5, 0.6) is 5.75 Å². The number of hydrogen-bond acceptors (Lipinski definition) is 2. The van der Waals surface area contributed by atoms with Crippen molar-refractivity contribution < 1.29 is 9.53 Å². The van der Waals surface area contributed by atoms with Gasteiger partial charge >= 0.3 is 0 Å². The highest BCUT2D eigenvalue weighted by Gasteiger charge is 2.21. The van der Waals surface area contributed by atoms with Crippen molar-refractivity contribution >= 4 is 28.4 Å². The van der Waals surface area contributed by atoms with Crippen LogP contribution < -0.4 is 10.1 Å². The first-order valence-electron chi connectivity index (χ1n) is 9.99. The molecule has 0 bridgehead atoms. The van der Waals surface area contributed by atoms with Crippen molar-refractivity contribution in [2.45, 2.75) is 12.8 Å². The van der Waals surface area contributed by atoms with Crippen LogP contribution in [0.15, 0.2) is 79.0 Å². The van der Waals surface area contributed by atoms with Crippen LogP contribution in [0.1, 0.15) is 34.3 Å². The van der Waals surface area contributed by atoms with E-state index in [1.54, 1.807) is 12.1 Å². The van der Waals surface area contributed by atoms with Crippen LogP contribution in [0.2, 0.25) is 5.02 Å².